The highest BCUT2D eigenvalue weighted by atomic mass is 16.6. The summed E-state index contributed by atoms with van der Waals surface area (Å²) in [7, 11) is 3.40. The first-order valence-corrected chi connectivity index (χ1v) is 9.89. The summed E-state index contributed by atoms with van der Waals surface area (Å²) in [5.74, 6) is 1.33. The third-order valence-electron chi connectivity index (χ3n) is 4.30. The van der Waals surface area contributed by atoms with Gasteiger partial charge in [-0.25, -0.2) is 9.79 Å². The van der Waals surface area contributed by atoms with E-state index < -0.39 is 5.60 Å². The van der Waals surface area contributed by atoms with Crippen LogP contribution < -0.4 is 10.6 Å². The minimum Gasteiger partial charge on any atom is -0.469 e. The molecule has 2 rings (SSSR count). The number of carbonyl (C=O) groups excluding carboxylic acids is 2. The van der Waals surface area contributed by atoms with E-state index >= 15 is 0 Å². The zero-order chi connectivity index (χ0) is 21.4. The monoisotopic (exact) mass is 407 g/mol. The average Bonchev–Trinajstić information content (AvgIpc) is 3.29. The summed E-state index contributed by atoms with van der Waals surface area (Å²) in [6.45, 7) is 7.35. The second-order valence-electron chi connectivity index (χ2n) is 8.27. The summed E-state index contributed by atoms with van der Waals surface area (Å²) < 4.78 is 10.8. The molecule has 1 saturated heterocycles. The third-order valence-corrected chi connectivity index (χ3v) is 4.30. The van der Waals surface area contributed by atoms with E-state index in [1.165, 1.54) is 4.90 Å². The Morgan fingerprint density at radius 1 is 1.38 bits per heavy atom. The topological polar surface area (TPSA) is 99.4 Å². The van der Waals surface area contributed by atoms with Crippen molar-refractivity contribution < 1.29 is 18.7 Å². The van der Waals surface area contributed by atoms with Crippen molar-refractivity contribution in [2.45, 2.75) is 45.3 Å². The number of aliphatic imine (C=N–C) groups is 1. The second-order valence-corrected chi connectivity index (χ2v) is 8.27. The van der Waals surface area contributed by atoms with Gasteiger partial charge >= 0.3 is 6.09 Å². The Labute approximate surface area is 172 Å². The van der Waals surface area contributed by atoms with E-state index in [0.29, 0.717) is 32.0 Å². The van der Waals surface area contributed by atoms with E-state index in [1.54, 1.807) is 25.3 Å². The molecule has 1 aliphatic rings. The van der Waals surface area contributed by atoms with Crippen LogP contribution in [0.15, 0.2) is 27.8 Å². The smallest absolute Gasteiger partial charge is 0.410 e. The van der Waals surface area contributed by atoms with Crippen LogP contribution in [0.1, 0.15) is 33.0 Å². The van der Waals surface area contributed by atoms with Crippen molar-refractivity contribution in [1.82, 2.24) is 20.4 Å². The van der Waals surface area contributed by atoms with Crippen LogP contribution in [-0.2, 0) is 16.0 Å². The third kappa shape index (κ3) is 8.05. The van der Waals surface area contributed by atoms with E-state index in [0.717, 1.165) is 12.2 Å². The van der Waals surface area contributed by atoms with Crippen LogP contribution in [0.5, 0.6) is 0 Å². The number of hydrogen-bond donors (Lipinski definition) is 2. The maximum absolute atomic E-state index is 12.3. The standard InChI is InChI=1S/C20H33N5O4/c1-20(2,3)29-19(27)25-11-9-15(14-25)23-18(22-13-17(26)24(4)5)21-10-8-16-7-6-12-28-16/h6-7,12,15H,8-11,13-14H2,1-5H3,(H2,21,22,23). The van der Waals surface area contributed by atoms with Crippen molar-refractivity contribution >= 4 is 18.0 Å². The number of hydrogen-bond acceptors (Lipinski definition) is 5. The van der Waals surface area contributed by atoms with Crippen molar-refractivity contribution in [3.63, 3.8) is 0 Å². The van der Waals surface area contributed by atoms with Gasteiger partial charge in [-0.15, -0.1) is 0 Å². The number of rotatable bonds is 6. The molecule has 1 aliphatic heterocycles. The molecule has 0 aliphatic carbocycles. The van der Waals surface area contributed by atoms with Crippen molar-refractivity contribution in [3.8, 4) is 0 Å². The van der Waals surface area contributed by atoms with Gasteiger partial charge < -0.3 is 29.6 Å². The molecule has 1 fully saturated rings. The fourth-order valence-corrected chi connectivity index (χ4v) is 2.76. The molecule has 9 heteroatoms. The molecule has 2 amide bonds. The summed E-state index contributed by atoms with van der Waals surface area (Å²) in [5, 5.41) is 6.56. The van der Waals surface area contributed by atoms with Gasteiger partial charge in [-0.2, -0.15) is 0 Å². The van der Waals surface area contributed by atoms with E-state index in [1.807, 2.05) is 32.9 Å². The fraction of sp³-hybridized carbons (Fsp3) is 0.650. The Morgan fingerprint density at radius 2 is 2.14 bits per heavy atom. The lowest BCUT2D eigenvalue weighted by atomic mass is 10.2. The first-order chi connectivity index (χ1) is 13.6. The van der Waals surface area contributed by atoms with Gasteiger partial charge in [0.2, 0.25) is 5.91 Å². The lowest BCUT2D eigenvalue weighted by Gasteiger charge is -2.24. The Kier molecular flexibility index (Phi) is 7.92. The molecule has 2 heterocycles. The molecule has 1 unspecified atom stereocenters. The van der Waals surface area contributed by atoms with E-state index in [-0.39, 0.29) is 24.6 Å². The van der Waals surface area contributed by atoms with Gasteiger partial charge in [-0.1, -0.05) is 0 Å². The molecule has 0 saturated carbocycles. The van der Waals surface area contributed by atoms with Gasteiger partial charge in [0.1, 0.15) is 17.9 Å². The molecule has 0 radical (unpaired) electrons. The number of likely N-dealkylation sites (tertiary alicyclic amines) is 1. The molecule has 0 aromatic carbocycles. The van der Waals surface area contributed by atoms with E-state index in [2.05, 4.69) is 15.6 Å². The predicted molar refractivity (Wildman–Crippen MR) is 111 cm³/mol. The van der Waals surface area contributed by atoms with Crippen LogP contribution in [0.4, 0.5) is 4.79 Å². The van der Waals surface area contributed by atoms with Crippen LogP contribution in [0.3, 0.4) is 0 Å². The molecule has 2 N–H and O–H groups in total. The van der Waals surface area contributed by atoms with Gasteiger partial charge in [-0.3, -0.25) is 4.79 Å². The number of likely N-dealkylation sites (N-methyl/N-ethyl adjacent to an activating group) is 1. The number of carbonyl (C=O) groups is 2. The van der Waals surface area contributed by atoms with Crippen LogP contribution in [0.25, 0.3) is 0 Å². The highest BCUT2D eigenvalue weighted by Gasteiger charge is 2.30. The summed E-state index contributed by atoms with van der Waals surface area (Å²) in [6.07, 6.45) is 2.81. The number of guanidine groups is 1. The lowest BCUT2D eigenvalue weighted by Crippen LogP contribution is -2.46. The van der Waals surface area contributed by atoms with Gasteiger partial charge in [0.05, 0.1) is 6.26 Å². The SMILES string of the molecule is CN(C)C(=O)CN=C(NCCc1ccco1)NC1CCN(C(=O)OC(C)(C)C)C1. The predicted octanol–water partition coefficient (Wildman–Crippen LogP) is 1.45. The van der Waals surface area contributed by atoms with Crippen LogP contribution >= 0.6 is 0 Å². The number of amides is 2. The minimum atomic E-state index is -0.519. The second kappa shape index (κ2) is 10.2. The maximum atomic E-state index is 12.3. The first kappa shape index (κ1) is 22.6. The zero-order valence-electron chi connectivity index (χ0n) is 18.0. The molecule has 0 bridgehead atoms. The highest BCUT2D eigenvalue weighted by molar-refractivity contribution is 5.85. The summed E-state index contributed by atoms with van der Waals surface area (Å²) >= 11 is 0. The van der Waals surface area contributed by atoms with Crippen molar-refractivity contribution in [2.75, 3.05) is 40.3 Å². The average molecular weight is 408 g/mol. The van der Waals surface area contributed by atoms with Gasteiger partial charge in [0, 0.05) is 46.2 Å². The molecular formula is C20H33N5O4. The van der Waals surface area contributed by atoms with Crippen molar-refractivity contribution in [2.24, 2.45) is 4.99 Å². The zero-order valence-corrected chi connectivity index (χ0v) is 18.0. The molecular weight excluding hydrogens is 374 g/mol. The summed E-state index contributed by atoms with van der Waals surface area (Å²) in [6, 6.07) is 3.80. The normalized spacial score (nSPS) is 17.2. The van der Waals surface area contributed by atoms with Gasteiger partial charge in [0.15, 0.2) is 5.96 Å². The summed E-state index contributed by atoms with van der Waals surface area (Å²) in [4.78, 5) is 31.7. The van der Waals surface area contributed by atoms with E-state index in [4.69, 9.17) is 9.15 Å². The van der Waals surface area contributed by atoms with Crippen molar-refractivity contribution in [3.05, 3.63) is 24.2 Å². The van der Waals surface area contributed by atoms with Gasteiger partial charge in [0.25, 0.3) is 0 Å². The molecule has 29 heavy (non-hydrogen) atoms. The fourth-order valence-electron chi connectivity index (χ4n) is 2.76. The highest BCUT2D eigenvalue weighted by Crippen LogP contribution is 2.15. The lowest BCUT2D eigenvalue weighted by molar-refractivity contribution is -0.127. The Bertz CT molecular complexity index is 694. The number of furan rings is 1. The molecule has 0 spiro atoms. The molecule has 1 aromatic heterocycles. The van der Waals surface area contributed by atoms with Crippen LogP contribution in [-0.4, -0.2) is 79.7 Å². The quantitative estimate of drug-likeness (QED) is 0.547. The first-order valence-electron chi connectivity index (χ1n) is 9.89. The number of ether oxygens (including phenoxy) is 1. The van der Waals surface area contributed by atoms with Crippen LogP contribution in [0.2, 0.25) is 0 Å². The number of nitrogens with zero attached hydrogens (tertiary/aromatic N) is 3. The Morgan fingerprint density at radius 3 is 2.76 bits per heavy atom. The minimum absolute atomic E-state index is 0.0341. The van der Waals surface area contributed by atoms with Gasteiger partial charge in [-0.05, 0) is 39.3 Å². The summed E-state index contributed by atoms with van der Waals surface area (Å²) in [5.41, 5.74) is -0.519. The molecule has 1 aromatic rings. The van der Waals surface area contributed by atoms with Crippen molar-refractivity contribution in [1.29, 1.82) is 0 Å². The molecule has 162 valence electrons. The van der Waals surface area contributed by atoms with Crippen LogP contribution in [0, 0.1) is 0 Å². The Balaban J connectivity index is 1.91. The number of nitrogens with one attached hydrogen (secondary N) is 2. The maximum Gasteiger partial charge on any atom is 0.410 e. The largest absolute Gasteiger partial charge is 0.469 e. The molecule has 1 atom stereocenters. The molecule has 9 nitrogen and oxygen atoms in total. The van der Waals surface area contributed by atoms with E-state index in [9.17, 15) is 9.59 Å². The Hall–Kier alpha value is -2.71.